The van der Waals surface area contributed by atoms with Gasteiger partial charge in [-0.2, -0.15) is 0 Å². The first-order chi connectivity index (χ1) is 6.84. The monoisotopic (exact) mass is 291 g/mol. The maximum Gasteiger partial charge on any atom is 0.127 e. The number of pyridine rings is 1. The third kappa shape index (κ3) is 3.97. The van der Waals surface area contributed by atoms with Crippen LogP contribution in [0.1, 0.15) is 12.8 Å². The molecule has 15 heavy (non-hydrogen) atoms. The highest BCUT2D eigenvalue weighted by Crippen LogP contribution is 2.13. The van der Waals surface area contributed by atoms with Crippen LogP contribution in [0.4, 0.5) is 5.82 Å². The van der Waals surface area contributed by atoms with Crippen LogP contribution in [0.2, 0.25) is 0 Å². The third-order valence-electron chi connectivity index (χ3n) is 2.36. The van der Waals surface area contributed by atoms with E-state index in [1.54, 1.807) is 0 Å². The Hall–Kier alpha value is -0.320. The van der Waals surface area contributed by atoms with Gasteiger partial charge in [0.1, 0.15) is 10.4 Å². The Morgan fingerprint density at radius 3 is 3.00 bits per heavy atom. The van der Waals surface area contributed by atoms with E-state index >= 15 is 0 Å². The van der Waals surface area contributed by atoms with Crippen molar-refractivity contribution in [3.05, 3.63) is 22.8 Å². The highest BCUT2D eigenvalue weighted by atomic mass is 79.9. The summed E-state index contributed by atoms with van der Waals surface area (Å²) in [5, 5.41) is 6.79. The number of halogens is 2. The third-order valence-corrected chi connectivity index (χ3v) is 2.81. The van der Waals surface area contributed by atoms with Crippen molar-refractivity contribution in [2.45, 2.75) is 18.9 Å². The zero-order valence-electron chi connectivity index (χ0n) is 8.37. The van der Waals surface area contributed by atoms with Gasteiger partial charge in [-0.1, -0.05) is 6.07 Å². The second-order valence-electron chi connectivity index (χ2n) is 3.53. The van der Waals surface area contributed by atoms with Gasteiger partial charge in [0.25, 0.3) is 0 Å². The number of hydrogen-bond acceptors (Lipinski definition) is 3. The lowest BCUT2D eigenvalue weighted by Gasteiger charge is -2.24. The van der Waals surface area contributed by atoms with Crippen molar-refractivity contribution in [2.75, 3.05) is 18.4 Å². The molecule has 3 nitrogen and oxygen atoms in total. The lowest BCUT2D eigenvalue weighted by Crippen LogP contribution is -2.38. The number of nitrogens with zero attached hydrogens (tertiary/aromatic N) is 1. The highest BCUT2D eigenvalue weighted by molar-refractivity contribution is 9.10. The summed E-state index contributed by atoms with van der Waals surface area (Å²) in [6, 6.07) is 6.45. The number of anilines is 1. The molecular formula is C10H15BrClN3. The molecule has 0 saturated carbocycles. The van der Waals surface area contributed by atoms with Crippen LogP contribution < -0.4 is 10.6 Å². The van der Waals surface area contributed by atoms with Gasteiger partial charge in [0, 0.05) is 12.6 Å². The second-order valence-corrected chi connectivity index (χ2v) is 4.35. The van der Waals surface area contributed by atoms with Gasteiger partial charge in [0.2, 0.25) is 0 Å². The van der Waals surface area contributed by atoms with Crippen molar-refractivity contribution in [1.82, 2.24) is 10.3 Å². The number of piperidine rings is 1. The first kappa shape index (κ1) is 12.7. The van der Waals surface area contributed by atoms with Crippen LogP contribution in [-0.4, -0.2) is 24.1 Å². The number of aromatic nitrogens is 1. The lowest BCUT2D eigenvalue weighted by atomic mass is 10.1. The predicted octanol–water partition coefficient (Wildman–Crippen LogP) is 2.43. The lowest BCUT2D eigenvalue weighted by molar-refractivity contribution is 0.479. The van der Waals surface area contributed by atoms with E-state index in [0.29, 0.717) is 6.04 Å². The molecule has 0 amide bonds. The average molecular weight is 293 g/mol. The molecule has 0 radical (unpaired) electrons. The molecule has 2 heterocycles. The normalized spacial score (nSPS) is 20.5. The van der Waals surface area contributed by atoms with Crippen LogP contribution >= 0.6 is 28.3 Å². The minimum atomic E-state index is 0. The van der Waals surface area contributed by atoms with Crippen molar-refractivity contribution >= 4 is 34.2 Å². The summed E-state index contributed by atoms with van der Waals surface area (Å²) in [5.41, 5.74) is 0. The number of nitrogens with one attached hydrogen (secondary N) is 2. The molecule has 1 atom stereocenters. The highest BCUT2D eigenvalue weighted by Gasteiger charge is 2.12. The molecule has 84 valence electrons. The first-order valence-corrected chi connectivity index (χ1v) is 5.74. The summed E-state index contributed by atoms with van der Waals surface area (Å²) in [7, 11) is 0. The van der Waals surface area contributed by atoms with Crippen LogP contribution in [0.3, 0.4) is 0 Å². The Bertz CT molecular complexity index is 302. The quantitative estimate of drug-likeness (QED) is 0.822. The van der Waals surface area contributed by atoms with Gasteiger partial charge < -0.3 is 10.6 Å². The van der Waals surface area contributed by atoms with E-state index in [1.807, 2.05) is 18.2 Å². The fraction of sp³-hybridized carbons (Fsp3) is 0.500. The molecule has 2 rings (SSSR count). The summed E-state index contributed by atoms with van der Waals surface area (Å²) in [5.74, 6) is 0.952. The van der Waals surface area contributed by atoms with Crippen molar-refractivity contribution in [1.29, 1.82) is 0 Å². The summed E-state index contributed by atoms with van der Waals surface area (Å²) >= 11 is 3.36. The maximum atomic E-state index is 4.35. The van der Waals surface area contributed by atoms with Crippen molar-refractivity contribution in [3.63, 3.8) is 0 Å². The molecular weight excluding hydrogens is 277 g/mol. The fourth-order valence-corrected chi connectivity index (χ4v) is 2.02. The van der Waals surface area contributed by atoms with E-state index in [2.05, 4.69) is 31.5 Å². The molecule has 1 aromatic heterocycles. The van der Waals surface area contributed by atoms with Gasteiger partial charge in [-0.15, -0.1) is 12.4 Å². The van der Waals surface area contributed by atoms with Crippen LogP contribution in [0, 0.1) is 0 Å². The minimum Gasteiger partial charge on any atom is -0.366 e. The molecule has 1 aliphatic rings. The Kier molecular flexibility index (Phi) is 5.36. The Labute approximate surface area is 105 Å². The van der Waals surface area contributed by atoms with E-state index in [1.165, 1.54) is 12.8 Å². The molecule has 1 saturated heterocycles. The van der Waals surface area contributed by atoms with Crippen molar-refractivity contribution in [3.8, 4) is 0 Å². The molecule has 1 aliphatic heterocycles. The van der Waals surface area contributed by atoms with Crippen LogP contribution in [-0.2, 0) is 0 Å². The van der Waals surface area contributed by atoms with Crippen molar-refractivity contribution in [2.24, 2.45) is 0 Å². The SMILES string of the molecule is Brc1cccc(N[C@H]2CCCNC2)n1.Cl. The maximum absolute atomic E-state index is 4.35. The van der Waals surface area contributed by atoms with Gasteiger partial charge in [-0.3, -0.25) is 0 Å². The minimum absolute atomic E-state index is 0. The first-order valence-electron chi connectivity index (χ1n) is 4.94. The van der Waals surface area contributed by atoms with E-state index < -0.39 is 0 Å². The standard InChI is InChI=1S/C10H14BrN3.ClH/c11-9-4-1-5-10(14-9)13-8-3-2-6-12-7-8;/h1,4-5,8,12H,2-3,6-7H2,(H,13,14);1H/t8-;/m0./s1. The fourth-order valence-electron chi connectivity index (χ4n) is 1.67. The molecule has 2 N–H and O–H groups in total. The second kappa shape index (κ2) is 6.30. The molecule has 0 unspecified atom stereocenters. The van der Waals surface area contributed by atoms with E-state index in [-0.39, 0.29) is 12.4 Å². The predicted molar refractivity (Wildman–Crippen MR) is 68.7 cm³/mol. The van der Waals surface area contributed by atoms with Gasteiger partial charge >= 0.3 is 0 Å². The van der Waals surface area contributed by atoms with Gasteiger partial charge in [0.15, 0.2) is 0 Å². The summed E-state index contributed by atoms with van der Waals surface area (Å²) in [6.45, 7) is 2.18. The molecule has 0 bridgehead atoms. The van der Waals surface area contributed by atoms with Crippen LogP contribution in [0.25, 0.3) is 0 Å². The average Bonchev–Trinajstić information content (AvgIpc) is 2.19. The largest absolute Gasteiger partial charge is 0.366 e. The summed E-state index contributed by atoms with van der Waals surface area (Å²) in [4.78, 5) is 4.35. The van der Waals surface area contributed by atoms with Crippen LogP contribution in [0.15, 0.2) is 22.8 Å². The van der Waals surface area contributed by atoms with E-state index in [9.17, 15) is 0 Å². The van der Waals surface area contributed by atoms with Gasteiger partial charge in [-0.25, -0.2) is 4.98 Å². The molecule has 1 fully saturated rings. The topological polar surface area (TPSA) is 37.0 Å². The molecule has 5 heteroatoms. The Morgan fingerprint density at radius 1 is 1.47 bits per heavy atom. The molecule has 1 aromatic rings. The van der Waals surface area contributed by atoms with E-state index in [4.69, 9.17) is 0 Å². The Balaban J connectivity index is 0.00000112. The Morgan fingerprint density at radius 2 is 2.33 bits per heavy atom. The van der Waals surface area contributed by atoms with E-state index in [0.717, 1.165) is 23.5 Å². The number of rotatable bonds is 2. The molecule has 0 spiro atoms. The van der Waals surface area contributed by atoms with Crippen molar-refractivity contribution < 1.29 is 0 Å². The van der Waals surface area contributed by atoms with Crippen LogP contribution in [0.5, 0.6) is 0 Å². The van der Waals surface area contributed by atoms with Gasteiger partial charge in [0.05, 0.1) is 0 Å². The number of hydrogen-bond donors (Lipinski definition) is 2. The van der Waals surface area contributed by atoms with Gasteiger partial charge in [-0.05, 0) is 47.4 Å². The summed E-state index contributed by atoms with van der Waals surface area (Å²) < 4.78 is 0.881. The zero-order chi connectivity index (χ0) is 9.80. The summed E-state index contributed by atoms with van der Waals surface area (Å²) in [6.07, 6.45) is 2.47. The molecule has 0 aromatic carbocycles. The smallest absolute Gasteiger partial charge is 0.127 e. The molecule has 0 aliphatic carbocycles. The zero-order valence-corrected chi connectivity index (χ0v) is 10.8.